The number of aliphatic carboxylic acids is 1. The lowest BCUT2D eigenvalue weighted by Gasteiger charge is -2.30. The van der Waals surface area contributed by atoms with E-state index in [1.54, 1.807) is 45.4 Å². The number of guanidine groups is 3. The molecule has 28 N–H and O–H groups in total. The molecule has 6 rings (SSSR count). The molecule has 0 aliphatic rings. The molecule has 0 saturated carbocycles. The summed E-state index contributed by atoms with van der Waals surface area (Å²) >= 11 is 0. The van der Waals surface area contributed by atoms with Crippen molar-refractivity contribution in [2.75, 3.05) is 26.2 Å². The summed E-state index contributed by atoms with van der Waals surface area (Å²) in [6, 6.07) is 9.92. The fourth-order valence-corrected chi connectivity index (χ4v) is 11.7. The van der Waals surface area contributed by atoms with Crippen LogP contribution >= 0.6 is 0 Å². The Balaban J connectivity index is 1.37. The number of benzene rings is 3. The molecule has 548 valence electrons. The molecule has 6 aromatic rings. The highest BCUT2D eigenvalue weighted by atomic mass is 16.4. The number of unbranched alkanes of at least 4 members (excludes halogenated alkanes) is 1. The van der Waals surface area contributed by atoms with E-state index in [4.69, 9.17) is 45.9 Å². The highest BCUT2D eigenvalue weighted by Crippen LogP contribution is 2.24. The van der Waals surface area contributed by atoms with Gasteiger partial charge in [0.25, 0.3) is 0 Å². The third-order valence-corrected chi connectivity index (χ3v) is 17.8. The van der Waals surface area contributed by atoms with Crippen molar-refractivity contribution in [1.29, 1.82) is 0 Å². The molecule has 0 bridgehead atoms. The summed E-state index contributed by atoms with van der Waals surface area (Å²) in [7, 11) is 0. The SMILES string of the molecule is CC[C@H](C)[C@H](NC(=O)[C@H](CCCN=C(N)N)NC(=O)[C@H](Cc1c[nH]c2ccccc12)NC(=O)[C@H](Cc1c[nH]c2ccccc12)NC(=O)[C@H](Cc1c[nH]c2ccccc12)NC(=O)[C@@H](NC(=O)[C@H](CCCCN)NC(=O)[C@@H](N)CCCN=C(N)N)[C@@H](C)CC)C(=O)N[C@@H](CCCN=C(N)N)C(=O)O. The number of nitrogens with one attached hydrogen (secondary N) is 11. The maximum Gasteiger partial charge on any atom is 0.326 e. The average Bonchev–Trinajstić information content (AvgIpc) is 1.76. The summed E-state index contributed by atoms with van der Waals surface area (Å²) in [5, 5.41) is 34.8. The summed E-state index contributed by atoms with van der Waals surface area (Å²) in [6.45, 7) is 7.71. The van der Waals surface area contributed by atoms with Crippen LogP contribution in [0.2, 0.25) is 0 Å². The maximum absolute atomic E-state index is 15.6. The Hall–Kier alpha value is -10.8. The van der Waals surface area contributed by atoms with Crippen LogP contribution < -0.4 is 88.4 Å². The van der Waals surface area contributed by atoms with Gasteiger partial charge in [-0.15, -0.1) is 0 Å². The van der Waals surface area contributed by atoms with Crippen LogP contribution in [0.4, 0.5) is 0 Å². The number of H-pyrrole nitrogens is 3. The van der Waals surface area contributed by atoms with Gasteiger partial charge >= 0.3 is 5.97 Å². The topological polar surface area (TPSA) is 563 Å². The number of rotatable bonds is 43. The zero-order valence-electron chi connectivity index (χ0n) is 57.8. The van der Waals surface area contributed by atoms with Gasteiger partial charge in [0.2, 0.25) is 47.3 Å². The average molecular weight is 1400 g/mol. The van der Waals surface area contributed by atoms with Crippen molar-refractivity contribution in [2.24, 2.45) is 72.7 Å². The third-order valence-electron chi connectivity index (χ3n) is 17.8. The summed E-state index contributed by atoms with van der Waals surface area (Å²) in [5.74, 6) is -9.18. The van der Waals surface area contributed by atoms with Crippen molar-refractivity contribution in [3.8, 4) is 0 Å². The van der Waals surface area contributed by atoms with E-state index in [0.717, 1.165) is 10.9 Å². The smallest absolute Gasteiger partial charge is 0.326 e. The lowest BCUT2D eigenvalue weighted by molar-refractivity contribution is -0.143. The number of aromatic nitrogens is 3. The number of aromatic amines is 3. The summed E-state index contributed by atoms with van der Waals surface area (Å²) < 4.78 is 0. The highest BCUT2D eigenvalue weighted by Gasteiger charge is 2.38. The van der Waals surface area contributed by atoms with Gasteiger partial charge in [-0.05, 0) is 111 Å². The Morgan fingerprint density at radius 2 is 0.713 bits per heavy atom. The van der Waals surface area contributed by atoms with Crippen LogP contribution in [0, 0.1) is 11.8 Å². The molecule has 0 spiro atoms. The van der Waals surface area contributed by atoms with Gasteiger partial charge < -0.3 is 108 Å². The van der Waals surface area contributed by atoms with Crippen molar-refractivity contribution < 1.29 is 48.3 Å². The second-order valence-electron chi connectivity index (χ2n) is 25.4. The van der Waals surface area contributed by atoms with Gasteiger partial charge in [0.1, 0.15) is 48.3 Å². The molecule has 8 amide bonds. The predicted octanol–water partition coefficient (Wildman–Crippen LogP) is -0.169. The first-order valence-corrected chi connectivity index (χ1v) is 34.2. The van der Waals surface area contributed by atoms with Gasteiger partial charge in [0.15, 0.2) is 17.9 Å². The predicted molar refractivity (Wildman–Crippen MR) is 389 cm³/mol. The van der Waals surface area contributed by atoms with Crippen LogP contribution in [0.1, 0.15) is 115 Å². The minimum absolute atomic E-state index is 0.0211. The fourth-order valence-electron chi connectivity index (χ4n) is 11.7. The zero-order chi connectivity index (χ0) is 73.7. The number of amides is 8. The minimum Gasteiger partial charge on any atom is -0.480 e. The number of hydrogen-bond acceptors (Lipinski definition) is 14. The monoisotopic (exact) mass is 1400 g/mol. The van der Waals surface area contributed by atoms with Crippen molar-refractivity contribution in [3.63, 3.8) is 0 Å². The minimum atomic E-state index is -1.50. The van der Waals surface area contributed by atoms with Crippen LogP contribution in [0.15, 0.2) is 106 Å². The van der Waals surface area contributed by atoms with Crippen molar-refractivity contribution >= 4 is 104 Å². The molecule has 11 atom stereocenters. The number of carbonyl (C=O) groups is 9. The van der Waals surface area contributed by atoms with Gasteiger partial charge in [0, 0.05) is 90.2 Å². The van der Waals surface area contributed by atoms with Gasteiger partial charge in [-0.2, -0.15) is 0 Å². The number of aliphatic imine (C=N–C) groups is 3. The largest absolute Gasteiger partial charge is 0.480 e. The Morgan fingerprint density at radius 3 is 1.07 bits per heavy atom. The lowest BCUT2D eigenvalue weighted by atomic mass is 9.96. The number of carboxylic acid groups (broad SMARTS) is 1. The second kappa shape index (κ2) is 39.7. The zero-order valence-corrected chi connectivity index (χ0v) is 57.8. The van der Waals surface area contributed by atoms with Crippen molar-refractivity contribution in [3.05, 3.63) is 108 Å². The maximum atomic E-state index is 15.6. The molecule has 0 aliphatic heterocycles. The van der Waals surface area contributed by atoms with E-state index >= 15 is 19.2 Å². The first kappa shape index (κ1) is 79.2. The highest BCUT2D eigenvalue weighted by molar-refractivity contribution is 6.00. The third kappa shape index (κ3) is 24.3. The Labute approximate surface area is 586 Å². The van der Waals surface area contributed by atoms with E-state index in [9.17, 15) is 29.1 Å². The van der Waals surface area contributed by atoms with Crippen LogP contribution in [-0.2, 0) is 62.4 Å². The molecular weight excluding hydrogens is 1300 g/mol. The summed E-state index contributed by atoms with van der Waals surface area (Å²) in [6.07, 6.45) is 7.19. The quantitative estimate of drug-likeness (QED) is 0.0134. The van der Waals surface area contributed by atoms with E-state index in [0.29, 0.717) is 77.1 Å². The first-order valence-electron chi connectivity index (χ1n) is 34.2. The van der Waals surface area contributed by atoms with Crippen LogP contribution in [0.3, 0.4) is 0 Å². The molecular formula is C69H102N22O10. The molecule has 0 fully saturated rings. The molecule has 32 heteroatoms. The molecule has 0 unspecified atom stereocenters. The molecule has 32 nitrogen and oxygen atoms in total. The first-order chi connectivity index (χ1) is 48.3. The van der Waals surface area contributed by atoms with Gasteiger partial charge in [-0.25, -0.2) is 4.79 Å². The Bertz CT molecular complexity index is 3850. The summed E-state index contributed by atoms with van der Waals surface area (Å²) in [5.41, 5.74) is 49.2. The molecule has 3 aromatic heterocycles. The number of carboxylic acids is 1. The number of hydrogen-bond donors (Lipinski definition) is 20. The number of carbonyl (C=O) groups excluding carboxylic acids is 8. The number of nitrogens with zero attached hydrogens (tertiary/aromatic N) is 3. The second-order valence-corrected chi connectivity index (χ2v) is 25.4. The van der Waals surface area contributed by atoms with Crippen molar-refractivity contribution in [1.82, 2.24) is 57.5 Å². The van der Waals surface area contributed by atoms with Crippen LogP contribution in [0.5, 0.6) is 0 Å². The van der Waals surface area contributed by atoms with E-state index in [1.165, 1.54) is 0 Å². The van der Waals surface area contributed by atoms with Crippen LogP contribution in [0.25, 0.3) is 32.7 Å². The molecule has 0 aliphatic carbocycles. The van der Waals surface area contributed by atoms with Gasteiger partial charge in [-0.3, -0.25) is 53.3 Å². The molecule has 101 heavy (non-hydrogen) atoms. The lowest BCUT2D eigenvalue weighted by Crippen LogP contribution is -2.62. The Kier molecular flexibility index (Phi) is 31.2. The standard InChI is InChI=1S/C69H102N22O10/c1-5-38(3)56(64(98)86-52(66(100)101)27-17-31-80-69(76)77)90-60(94)51(26-16-30-79-68(74)75)85-61(95)53(32-40-35-81-47-22-10-7-18-43(40)47)87-62(96)54(33-41-36-82-48-23-11-8-19-44(41)48)88-63(97)55(34-42-37-83-49-24-12-9-20-45(42)49)89-65(99)57(39(4)6-2)91-59(93)50(25-13-14-28-70)84-58(92)46(71)21-15-29-78-67(72)73/h7-12,18-20,22-24,35-39,46,50-57,81-83H,5-6,13-17,21,25-34,70-71H2,1-4H3,(H,84,92)(H,85,95)(H,86,98)(H,87,96)(H,88,97)(H,89,99)(H,90,94)(H,91,93)(H,100,101)(H4,72,73,78)(H4,74,75,79)(H4,76,77,80)/t38-,39-,46-,50-,51-,52-,53-,54-,55-,56-,57-/m0/s1. The normalized spacial score (nSPS) is 14.6. The van der Waals surface area contributed by atoms with Gasteiger partial charge in [0.05, 0.1) is 6.04 Å². The number of nitrogens with two attached hydrogens (primary N) is 8. The fraction of sp³-hybridized carbons (Fsp3) is 0.478. The molecule has 3 aromatic carbocycles. The summed E-state index contributed by atoms with van der Waals surface area (Å²) in [4.78, 5) is 153. The van der Waals surface area contributed by atoms with E-state index < -0.39 is 119 Å². The molecule has 0 radical (unpaired) electrons. The van der Waals surface area contributed by atoms with E-state index in [2.05, 4.69) is 72.5 Å². The molecule has 3 heterocycles. The molecule has 0 saturated heterocycles. The van der Waals surface area contributed by atoms with Crippen molar-refractivity contribution in [2.45, 2.75) is 172 Å². The number of para-hydroxylation sites is 3. The Morgan fingerprint density at radius 1 is 0.406 bits per heavy atom. The van der Waals surface area contributed by atoms with E-state index in [-0.39, 0.29) is 95.3 Å². The van der Waals surface area contributed by atoms with E-state index in [1.807, 2.05) is 73.7 Å². The number of fused-ring (bicyclic) bond motifs is 3. The van der Waals surface area contributed by atoms with Gasteiger partial charge in [-0.1, -0.05) is 95.1 Å². The van der Waals surface area contributed by atoms with Crippen LogP contribution in [-0.4, -0.2) is 172 Å².